The molecule has 3 atom stereocenters. The standard InChI is InChI=1S/C14H24N4O/c1-13(2)9-4-6-14(3,8-9)11(13)16-12-18-17-10(19-12)5-7-15/h9,11H,4-8,15H2,1-3H3,(H,16,18). The van der Waals surface area contributed by atoms with Crippen LogP contribution in [0.15, 0.2) is 4.42 Å². The minimum Gasteiger partial charge on any atom is -0.408 e. The second-order valence-corrected chi connectivity index (χ2v) is 7.03. The van der Waals surface area contributed by atoms with Crippen LogP contribution < -0.4 is 11.1 Å². The normalized spacial score (nSPS) is 35.8. The molecule has 106 valence electrons. The van der Waals surface area contributed by atoms with Gasteiger partial charge in [-0.2, -0.15) is 0 Å². The van der Waals surface area contributed by atoms with Crippen LogP contribution in [-0.4, -0.2) is 22.8 Å². The summed E-state index contributed by atoms with van der Waals surface area (Å²) in [4.78, 5) is 0. The molecule has 5 heteroatoms. The Labute approximate surface area is 114 Å². The van der Waals surface area contributed by atoms with E-state index in [0.29, 0.717) is 36.3 Å². The third-order valence-electron chi connectivity index (χ3n) is 5.36. The topological polar surface area (TPSA) is 77.0 Å². The molecule has 2 aliphatic carbocycles. The van der Waals surface area contributed by atoms with E-state index < -0.39 is 0 Å². The SMILES string of the molecule is CC12CCC(C1)C(C)(C)C2Nc1nnc(CCN)o1. The van der Waals surface area contributed by atoms with Crippen molar-refractivity contribution in [3.63, 3.8) is 0 Å². The van der Waals surface area contributed by atoms with E-state index in [1.807, 2.05) is 0 Å². The van der Waals surface area contributed by atoms with Gasteiger partial charge in [0.1, 0.15) is 0 Å². The maximum absolute atomic E-state index is 5.62. The third kappa shape index (κ3) is 1.95. The first-order chi connectivity index (χ1) is 8.95. The lowest BCUT2D eigenvalue weighted by Crippen LogP contribution is -2.45. The number of fused-ring (bicyclic) bond motifs is 2. The molecular formula is C14H24N4O. The molecule has 2 fully saturated rings. The Hall–Kier alpha value is -1.10. The predicted octanol–water partition coefficient (Wildman–Crippen LogP) is 2.20. The summed E-state index contributed by atoms with van der Waals surface area (Å²) < 4.78 is 5.62. The van der Waals surface area contributed by atoms with Crippen molar-refractivity contribution in [1.29, 1.82) is 0 Å². The van der Waals surface area contributed by atoms with Gasteiger partial charge in [-0.25, -0.2) is 0 Å². The second-order valence-electron chi connectivity index (χ2n) is 7.03. The number of rotatable bonds is 4. The van der Waals surface area contributed by atoms with Crippen LogP contribution in [0.5, 0.6) is 0 Å². The molecule has 1 aromatic rings. The van der Waals surface area contributed by atoms with E-state index in [1.165, 1.54) is 19.3 Å². The zero-order chi connectivity index (χ0) is 13.7. The first-order valence-corrected chi connectivity index (χ1v) is 7.25. The molecule has 0 saturated heterocycles. The van der Waals surface area contributed by atoms with Gasteiger partial charge < -0.3 is 15.5 Å². The lowest BCUT2D eigenvalue weighted by molar-refractivity contribution is 0.153. The van der Waals surface area contributed by atoms with Crippen LogP contribution in [0.1, 0.15) is 45.9 Å². The van der Waals surface area contributed by atoms with Crippen LogP contribution in [0.3, 0.4) is 0 Å². The molecule has 2 aliphatic rings. The molecule has 2 saturated carbocycles. The number of hydrogen-bond acceptors (Lipinski definition) is 5. The molecule has 1 heterocycles. The number of nitrogens with two attached hydrogens (primary N) is 1. The van der Waals surface area contributed by atoms with Crippen molar-refractivity contribution >= 4 is 6.01 Å². The van der Waals surface area contributed by atoms with Gasteiger partial charge in [-0.3, -0.25) is 0 Å². The number of anilines is 1. The van der Waals surface area contributed by atoms with Gasteiger partial charge in [-0.15, -0.1) is 5.10 Å². The highest BCUT2D eigenvalue weighted by molar-refractivity contribution is 5.28. The van der Waals surface area contributed by atoms with Gasteiger partial charge in [0, 0.05) is 19.0 Å². The van der Waals surface area contributed by atoms with Gasteiger partial charge in [0.2, 0.25) is 5.89 Å². The monoisotopic (exact) mass is 264 g/mol. The van der Waals surface area contributed by atoms with Crippen molar-refractivity contribution in [3.05, 3.63) is 5.89 Å². The van der Waals surface area contributed by atoms with E-state index in [9.17, 15) is 0 Å². The van der Waals surface area contributed by atoms with Gasteiger partial charge in [0.25, 0.3) is 0 Å². The largest absolute Gasteiger partial charge is 0.408 e. The second kappa shape index (κ2) is 4.20. The first kappa shape index (κ1) is 12.9. The highest BCUT2D eigenvalue weighted by Crippen LogP contribution is 2.62. The molecule has 3 unspecified atom stereocenters. The molecular weight excluding hydrogens is 240 g/mol. The van der Waals surface area contributed by atoms with Gasteiger partial charge >= 0.3 is 6.01 Å². The van der Waals surface area contributed by atoms with Crippen LogP contribution in [0.2, 0.25) is 0 Å². The predicted molar refractivity (Wildman–Crippen MR) is 73.7 cm³/mol. The lowest BCUT2D eigenvalue weighted by atomic mass is 9.68. The highest BCUT2D eigenvalue weighted by Gasteiger charge is 2.59. The van der Waals surface area contributed by atoms with Gasteiger partial charge in [0.15, 0.2) is 0 Å². The van der Waals surface area contributed by atoms with Gasteiger partial charge in [-0.05, 0) is 36.0 Å². The van der Waals surface area contributed by atoms with Gasteiger partial charge in [-0.1, -0.05) is 25.9 Å². The molecule has 3 rings (SSSR count). The Morgan fingerprint density at radius 2 is 2.16 bits per heavy atom. The van der Waals surface area contributed by atoms with E-state index in [2.05, 4.69) is 36.3 Å². The molecule has 0 aromatic carbocycles. The zero-order valence-electron chi connectivity index (χ0n) is 12.1. The molecule has 5 nitrogen and oxygen atoms in total. The Bertz CT molecular complexity index is 465. The average Bonchev–Trinajstić information content (AvgIpc) is 2.97. The molecule has 0 amide bonds. The van der Waals surface area contributed by atoms with Crippen molar-refractivity contribution in [3.8, 4) is 0 Å². The molecule has 19 heavy (non-hydrogen) atoms. The molecule has 0 aliphatic heterocycles. The fourth-order valence-electron chi connectivity index (χ4n) is 4.32. The summed E-state index contributed by atoms with van der Waals surface area (Å²) in [6, 6.07) is 0.959. The Balaban J connectivity index is 1.78. The maximum Gasteiger partial charge on any atom is 0.315 e. The molecule has 2 bridgehead atoms. The van der Waals surface area contributed by atoms with E-state index >= 15 is 0 Å². The summed E-state index contributed by atoms with van der Waals surface area (Å²) >= 11 is 0. The Kier molecular flexibility index (Phi) is 2.85. The molecule has 0 radical (unpaired) electrons. The molecule has 1 aromatic heterocycles. The summed E-state index contributed by atoms with van der Waals surface area (Å²) in [7, 11) is 0. The minimum absolute atomic E-state index is 0.287. The number of aromatic nitrogens is 2. The summed E-state index contributed by atoms with van der Waals surface area (Å²) in [6.45, 7) is 7.64. The van der Waals surface area contributed by atoms with Crippen LogP contribution in [0.4, 0.5) is 6.01 Å². The summed E-state index contributed by atoms with van der Waals surface area (Å²) in [6.07, 6.45) is 4.59. The van der Waals surface area contributed by atoms with Crippen molar-refractivity contribution in [2.45, 2.75) is 52.5 Å². The first-order valence-electron chi connectivity index (χ1n) is 7.25. The van der Waals surface area contributed by atoms with Crippen LogP contribution in [0, 0.1) is 16.7 Å². The van der Waals surface area contributed by atoms with Crippen molar-refractivity contribution < 1.29 is 4.42 Å². The number of nitrogens with one attached hydrogen (secondary N) is 1. The van der Waals surface area contributed by atoms with E-state index in [-0.39, 0.29) is 5.41 Å². The van der Waals surface area contributed by atoms with E-state index in [4.69, 9.17) is 10.2 Å². The average molecular weight is 264 g/mol. The minimum atomic E-state index is 0.287. The zero-order valence-corrected chi connectivity index (χ0v) is 12.1. The Morgan fingerprint density at radius 3 is 2.79 bits per heavy atom. The maximum atomic E-state index is 5.62. The number of nitrogens with zero attached hydrogens (tertiary/aromatic N) is 2. The Morgan fingerprint density at radius 1 is 1.37 bits per heavy atom. The highest BCUT2D eigenvalue weighted by atomic mass is 16.4. The van der Waals surface area contributed by atoms with Gasteiger partial charge in [0.05, 0.1) is 0 Å². The van der Waals surface area contributed by atoms with Crippen LogP contribution in [-0.2, 0) is 6.42 Å². The van der Waals surface area contributed by atoms with Crippen LogP contribution >= 0.6 is 0 Å². The summed E-state index contributed by atoms with van der Waals surface area (Å²) in [5.74, 6) is 1.43. The third-order valence-corrected chi connectivity index (χ3v) is 5.36. The number of hydrogen-bond donors (Lipinski definition) is 2. The van der Waals surface area contributed by atoms with Crippen LogP contribution in [0.25, 0.3) is 0 Å². The van der Waals surface area contributed by atoms with E-state index in [1.54, 1.807) is 0 Å². The van der Waals surface area contributed by atoms with Crippen molar-refractivity contribution in [1.82, 2.24) is 10.2 Å². The van der Waals surface area contributed by atoms with Crippen molar-refractivity contribution in [2.24, 2.45) is 22.5 Å². The molecule has 0 spiro atoms. The lowest BCUT2D eigenvalue weighted by Gasteiger charge is -2.42. The van der Waals surface area contributed by atoms with E-state index in [0.717, 1.165) is 5.92 Å². The fraction of sp³-hybridized carbons (Fsp3) is 0.857. The van der Waals surface area contributed by atoms with Crippen molar-refractivity contribution in [2.75, 3.05) is 11.9 Å². The quantitative estimate of drug-likeness (QED) is 0.871. The fourth-order valence-corrected chi connectivity index (χ4v) is 4.32. The smallest absolute Gasteiger partial charge is 0.315 e. The summed E-state index contributed by atoms with van der Waals surface area (Å²) in [5, 5.41) is 11.6. The molecule has 3 N–H and O–H groups in total. The summed E-state index contributed by atoms with van der Waals surface area (Å²) in [5.41, 5.74) is 6.14.